The monoisotopic (exact) mass is 449 g/mol. The highest BCUT2D eigenvalue weighted by molar-refractivity contribution is 8.35. The molecule has 0 aliphatic carbocycles. The Bertz CT molecular complexity index is 1030. The van der Waals surface area contributed by atoms with Gasteiger partial charge in [-0.3, -0.25) is 0 Å². The van der Waals surface area contributed by atoms with Crippen LogP contribution in [0.5, 0.6) is 5.75 Å². The van der Waals surface area contributed by atoms with E-state index in [9.17, 15) is 18.3 Å². The summed E-state index contributed by atoms with van der Waals surface area (Å²) in [7, 11) is -1.17. The Kier molecular flexibility index (Phi) is 6.63. The number of hydrogen-bond acceptors (Lipinski definition) is 3. The first-order valence-electron chi connectivity index (χ1n) is 9.72. The van der Waals surface area contributed by atoms with Crippen molar-refractivity contribution < 1.29 is 23.0 Å². The van der Waals surface area contributed by atoms with Crippen LogP contribution in [-0.4, -0.2) is 36.6 Å². The molecule has 0 saturated heterocycles. The second-order valence-corrected chi connectivity index (χ2v) is 12.0. The molecule has 0 fully saturated rings. The molecule has 1 unspecified atom stereocenters. The highest BCUT2D eigenvalue weighted by Crippen LogP contribution is 2.37. The van der Waals surface area contributed by atoms with Gasteiger partial charge in [0.2, 0.25) is 0 Å². The molecule has 1 aliphatic rings. The Morgan fingerprint density at radius 2 is 2.00 bits per heavy atom. The molecule has 3 rings (SSSR count). The quantitative estimate of drug-likeness (QED) is 0.506. The molecule has 166 valence electrons. The van der Waals surface area contributed by atoms with E-state index in [1.807, 2.05) is 29.7 Å². The first-order valence-corrected chi connectivity index (χ1v) is 12.6. The van der Waals surface area contributed by atoms with Crippen molar-refractivity contribution in [1.82, 2.24) is 0 Å². The van der Waals surface area contributed by atoms with Crippen molar-refractivity contribution in [3.63, 3.8) is 0 Å². The third-order valence-electron chi connectivity index (χ3n) is 4.77. The largest absolute Gasteiger partial charge is 0.489 e. The van der Waals surface area contributed by atoms with Crippen molar-refractivity contribution in [2.24, 2.45) is 0 Å². The summed E-state index contributed by atoms with van der Waals surface area (Å²) in [4.78, 5) is 1.81. The molecule has 0 spiro atoms. The molecule has 0 radical (unpaired) electrons. The molecule has 2 aromatic carbocycles. The second-order valence-electron chi connectivity index (χ2n) is 8.12. The fourth-order valence-corrected chi connectivity index (χ4v) is 3.77. The molecule has 1 aliphatic heterocycles. The Morgan fingerprint density at radius 1 is 1.26 bits per heavy atom. The zero-order valence-electron chi connectivity index (χ0n) is 17.8. The molecule has 3 nitrogen and oxygen atoms in total. The van der Waals surface area contributed by atoms with Gasteiger partial charge in [0.1, 0.15) is 18.6 Å². The lowest BCUT2D eigenvalue weighted by Crippen LogP contribution is -2.31. The minimum absolute atomic E-state index is 0.0125. The summed E-state index contributed by atoms with van der Waals surface area (Å²) in [6.45, 7) is 4.22. The Balaban J connectivity index is 1.88. The van der Waals surface area contributed by atoms with Gasteiger partial charge in [0.05, 0.1) is 5.56 Å². The first kappa shape index (κ1) is 23.1. The van der Waals surface area contributed by atoms with Crippen molar-refractivity contribution in [3.05, 3.63) is 71.3 Å². The van der Waals surface area contributed by atoms with E-state index >= 15 is 0 Å². The van der Waals surface area contributed by atoms with E-state index in [0.717, 1.165) is 23.4 Å². The van der Waals surface area contributed by atoms with E-state index in [2.05, 4.69) is 17.8 Å². The van der Waals surface area contributed by atoms with Crippen LogP contribution < -0.4 is 9.64 Å². The maximum absolute atomic E-state index is 13.4. The zero-order valence-corrected chi connectivity index (χ0v) is 18.6. The summed E-state index contributed by atoms with van der Waals surface area (Å²) in [5.74, 6) is 3.49. The average molecular weight is 450 g/mol. The lowest BCUT2D eigenvalue weighted by atomic mass is 10.1. The van der Waals surface area contributed by atoms with Gasteiger partial charge in [0.15, 0.2) is 0 Å². The zero-order chi connectivity index (χ0) is 22.8. The summed E-state index contributed by atoms with van der Waals surface area (Å²) < 4.78 is 46.1. The Labute approximate surface area is 182 Å². The van der Waals surface area contributed by atoms with Crippen molar-refractivity contribution >= 4 is 15.7 Å². The first-order chi connectivity index (χ1) is 14.5. The van der Waals surface area contributed by atoms with Crippen LogP contribution in [0.3, 0.4) is 0 Å². The number of hydrogen-bond donors (Lipinski definition) is 1. The molecule has 2 aromatic rings. The topological polar surface area (TPSA) is 32.7 Å². The minimum atomic E-state index is -4.46. The maximum Gasteiger partial charge on any atom is 0.416 e. The number of benzene rings is 2. The SMILES string of the molecule is C=CC(O)N1CCc2c(OCc3cc(C#CS(C)(C)C)cc(C(F)(F)F)c3)cccc21. The van der Waals surface area contributed by atoms with Crippen LogP contribution >= 0.6 is 10.0 Å². The number of nitrogens with zero attached hydrogens (tertiary/aromatic N) is 1. The third kappa shape index (κ3) is 5.78. The van der Waals surface area contributed by atoms with Crippen LogP contribution in [0.2, 0.25) is 0 Å². The van der Waals surface area contributed by atoms with Crippen molar-refractivity contribution in [2.45, 2.75) is 25.4 Å². The maximum atomic E-state index is 13.4. The lowest BCUT2D eigenvalue weighted by Gasteiger charge is -2.23. The summed E-state index contributed by atoms with van der Waals surface area (Å²) >= 11 is 0. The number of ether oxygens (including phenoxy) is 1. The molecule has 0 aromatic heterocycles. The van der Waals surface area contributed by atoms with Gasteiger partial charge >= 0.3 is 6.18 Å². The van der Waals surface area contributed by atoms with Crippen LogP contribution in [0.4, 0.5) is 18.9 Å². The molecular formula is C24H26F3NO2S. The van der Waals surface area contributed by atoms with E-state index in [1.165, 1.54) is 6.08 Å². The van der Waals surface area contributed by atoms with Crippen LogP contribution in [0.25, 0.3) is 0 Å². The van der Waals surface area contributed by atoms with Gasteiger partial charge < -0.3 is 14.7 Å². The third-order valence-corrected chi connectivity index (χ3v) is 5.48. The van der Waals surface area contributed by atoms with E-state index < -0.39 is 28.0 Å². The van der Waals surface area contributed by atoms with Gasteiger partial charge in [-0.05, 0) is 72.4 Å². The normalized spacial score (nSPS) is 15.0. The fourth-order valence-electron chi connectivity index (χ4n) is 3.35. The lowest BCUT2D eigenvalue weighted by molar-refractivity contribution is -0.137. The highest BCUT2D eigenvalue weighted by Gasteiger charge is 2.31. The van der Waals surface area contributed by atoms with Crippen LogP contribution in [0, 0.1) is 11.2 Å². The smallest absolute Gasteiger partial charge is 0.416 e. The number of aliphatic hydroxyl groups excluding tert-OH is 1. The summed E-state index contributed by atoms with van der Waals surface area (Å²) in [5.41, 5.74) is 1.76. The molecule has 1 atom stereocenters. The molecule has 1 heterocycles. The van der Waals surface area contributed by atoms with Gasteiger partial charge in [-0.15, -0.1) is 0 Å². The van der Waals surface area contributed by atoms with Crippen molar-refractivity contribution in [3.8, 4) is 16.9 Å². The minimum Gasteiger partial charge on any atom is -0.489 e. The number of fused-ring (bicyclic) bond motifs is 1. The molecule has 0 bridgehead atoms. The predicted molar refractivity (Wildman–Crippen MR) is 122 cm³/mol. The van der Waals surface area contributed by atoms with E-state index in [0.29, 0.717) is 29.8 Å². The Hall–Kier alpha value is -2.56. The van der Waals surface area contributed by atoms with Gasteiger partial charge in [0.25, 0.3) is 0 Å². The Morgan fingerprint density at radius 3 is 2.65 bits per heavy atom. The molecule has 0 amide bonds. The van der Waals surface area contributed by atoms with Crippen LogP contribution in [0.15, 0.2) is 49.1 Å². The molecule has 0 saturated carbocycles. The number of rotatable bonds is 5. The average Bonchev–Trinajstić information content (AvgIpc) is 3.13. The van der Waals surface area contributed by atoms with E-state index in [1.54, 1.807) is 18.2 Å². The molecular weight excluding hydrogens is 423 g/mol. The number of aliphatic hydroxyl groups is 1. The predicted octanol–water partition coefficient (Wildman–Crippen LogP) is 5.15. The number of halogens is 3. The molecule has 1 N–H and O–H groups in total. The van der Waals surface area contributed by atoms with E-state index in [-0.39, 0.29) is 6.61 Å². The van der Waals surface area contributed by atoms with Gasteiger partial charge in [0, 0.05) is 23.4 Å². The second kappa shape index (κ2) is 8.89. The standard InChI is InChI=1S/C24H26F3NO2S/c1-5-23(29)28-11-9-20-21(28)7-6-8-22(20)30-16-18-13-17(10-12-31(2,3)4)14-19(15-18)24(25,26)27/h5-8,13-15,23,29H,1,9,11,16H2,2-4H3. The van der Waals surface area contributed by atoms with Gasteiger partial charge in [-0.2, -0.15) is 23.2 Å². The van der Waals surface area contributed by atoms with Gasteiger partial charge in [-0.25, -0.2) is 0 Å². The van der Waals surface area contributed by atoms with Crippen molar-refractivity contribution in [2.75, 3.05) is 30.2 Å². The number of anilines is 1. The summed E-state index contributed by atoms with van der Waals surface area (Å²) in [5, 5.41) is 13.2. The van der Waals surface area contributed by atoms with Crippen LogP contribution in [0.1, 0.15) is 22.3 Å². The number of alkyl halides is 3. The highest BCUT2D eigenvalue weighted by atomic mass is 32.3. The van der Waals surface area contributed by atoms with Gasteiger partial charge in [-0.1, -0.05) is 18.6 Å². The molecule has 31 heavy (non-hydrogen) atoms. The molecule has 7 heteroatoms. The van der Waals surface area contributed by atoms with E-state index in [4.69, 9.17) is 4.74 Å². The summed E-state index contributed by atoms with van der Waals surface area (Å²) in [6.07, 6.45) is 2.82. The van der Waals surface area contributed by atoms with Crippen LogP contribution in [-0.2, 0) is 19.2 Å². The van der Waals surface area contributed by atoms with Crippen molar-refractivity contribution in [1.29, 1.82) is 0 Å². The fraction of sp³-hybridized carbons (Fsp3) is 0.333. The summed E-state index contributed by atoms with van der Waals surface area (Å²) in [6, 6.07) is 9.30.